The second-order valence-corrected chi connectivity index (χ2v) is 2.94. The number of phenols is 1. The SMILES string of the molecule is NC(=O)CN=Cc1cc([N+](=O)[O-])ccc1O. The van der Waals surface area contributed by atoms with Crippen LogP contribution in [0.5, 0.6) is 5.75 Å². The number of hydrogen-bond acceptors (Lipinski definition) is 5. The fraction of sp³-hybridized carbons (Fsp3) is 0.111. The van der Waals surface area contributed by atoms with Crippen molar-refractivity contribution < 1.29 is 14.8 Å². The molecule has 0 bridgehead atoms. The lowest BCUT2D eigenvalue weighted by Gasteiger charge is -1.98. The average molecular weight is 223 g/mol. The molecule has 0 radical (unpaired) electrons. The number of rotatable bonds is 4. The van der Waals surface area contributed by atoms with E-state index in [0.29, 0.717) is 0 Å². The van der Waals surface area contributed by atoms with Crippen molar-refractivity contribution in [1.82, 2.24) is 0 Å². The first kappa shape index (κ1) is 11.6. The van der Waals surface area contributed by atoms with Crippen LogP contribution in [0.4, 0.5) is 5.69 Å². The number of carbonyl (C=O) groups excluding carboxylic acids is 1. The molecule has 1 amide bonds. The van der Waals surface area contributed by atoms with Crippen LogP contribution in [0.15, 0.2) is 23.2 Å². The quantitative estimate of drug-likeness (QED) is 0.430. The molecule has 0 aliphatic carbocycles. The minimum Gasteiger partial charge on any atom is -0.507 e. The zero-order valence-corrected chi connectivity index (χ0v) is 8.16. The monoisotopic (exact) mass is 223 g/mol. The largest absolute Gasteiger partial charge is 0.507 e. The second kappa shape index (κ2) is 4.87. The van der Waals surface area contributed by atoms with E-state index in [1.807, 2.05) is 0 Å². The van der Waals surface area contributed by atoms with Crippen LogP contribution >= 0.6 is 0 Å². The molecule has 0 atom stereocenters. The Balaban J connectivity index is 2.94. The number of benzene rings is 1. The highest BCUT2D eigenvalue weighted by Crippen LogP contribution is 2.21. The number of nitrogens with zero attached hydrogens (tertiary/aromatic N) is 2. The number of phenolic OH excluding ortho intramolecular Hbond substituents is 1. The number of nitro groups is 1. The summed E-state index contributed by atoms with van der Waals surface area (Å²) in [6.45, 7) is -0.234. The molecule has 0 saturated heterocycles. The molecule has 84 valence electrons. The summed E-state index contributed by atoms with van der Waals surface area (Å²) < 4.78 is 0. The highest BCUT2D eigenvalue weighted by atomic mass is 16.6. The van der Waals surface area contributed by atoms with Gasteiger partial charge in [0, 0.05) is 23.9 Å². The number of aliphatic imine (C=N–C) groups is 1. The molecule has 0 aromatic heterocycles. The third kappa shape index (κ3) is 3.05. The predicted octanol–water partition coefficient (Wildman–Crippen LogP) is 0.205. The highest BCUT2D eigenvalue weighted by Gasteiger charge is 2.08. The van der Waals surface area contributed by atoms with Crippen LogP contribution in [-0.2, 0) is 4.79 Å². The normalized spacial score (nSPS) is 10.5. The molecule has 0 aliphatic rings. The number of carbonyl (C=O) groups is 1. The molecular formula is C9H9N3O4. The molecule has 1 rings (SSSR count). The van der Waals surface area contributed by atoms with Crippen LogP contribution < -0.4 is 5.73 Å². The van der Waals surface area contributed by atoms with Gasteiger partial charge in [0.25, 0.3) is 5.69 Å². The van der Waals surface area contributed by atoms with Crippen molar-refractivity contribution >= 4 is 17.8 Å². The Bertz CT molecular complexity index is 456. The standard InChI is InChI=1S/C9H9N3O4/c10-9(14)5-11-4-6-3-7(12(15)16)1-2-8(6)13/h1-4,13H,5H2,(H2,10,14). The van der Waals surface area contributed by atoms with Crippen LogP contribution in [0.1, 0.15) is 5.56 Å². The third-order valence-corrected chi connectivity index (χ3v) is 1.70. The van der Waals surface area contributed by atoms with Crippen molar-refractivity contribution in [2.75, 3.05) is 6.54 Å². The van der Waals surface area contributed by atoms with E-state index in [-0.39, 0.29) is 23.5 Å². The van der Waals surface area contributed by atoms with E-state index in [1.165, 1.54) is 12.1 Å². The summed E-state index contributed by atoms with van der Waals surface area (Å²) in [5.41, 5.74) is 4.84. The molecule has 0 fully saturated rings. The Labute approximate surface area is 90.4 Å². The first-order chi connectivity index (χ1) is 7.50. The Kier molecular flexibility index (Phi) is 3.54. The third-order valence-electron chi connectivity index (χ3n) is 1.70. The maximum atomic E-state index is 10.5. The Morgan fingerprint density at radius 3 is 2.88 bits per heavy atom. The molecule has 0 spiro atoms. The van der Waals surface area contributed by atoms with Gasteiger partial charge in [-0.15, -0.1) is 0 Å². The van der Waals surface area contributed by atoms with E-state index in [1.54, 1.807) is 0 Å². The number of primary amides is 1. The van der Waals surface area contributed by atoms with E-state index in [0.717, 1.165) is 12.3 Å². The lowest BCUT2D eigenvalue weighted by atomic mass is 10.2. The summed E-state index contributed by atoms with van der Waals surface area (Å²) in [6.07, 6.45) is 1.16. The van der Waals surface area contributed by atoms with Gasteiger partial charge < -0.3 is 10.8 Å². The van der Waals surface area contributed by atoms with Gasteiger partial charge in [-0.25, -0.2) is 0 Å². The molecule has 1 aromatic rings. The summed E-state index contributed by atoms with van der Waals surface area (Å²) in [4.78, 5) is 23.9. The topological polar surface area (TPSA) is 119 Å². The maximum Gasteiger partial charge on any atom is 0.270 e. The lowest BCUT2D eigenvalue weighted by Crippen LogP contribution is -2.14. The Morgan fingerprint density at radius 1 is 1.62 bits per heavy atom. The zero-order chi connectivity index (χ0) is 12.1. The smallest absolute Gasteiger partial charge is 0.270 e. The van der Waals surface area contributed by atoms with Gasteiger partial charge in [-0.05, 0) is 6.07 Å². The summed E-state index contributed by atoms with van der Waals surface area (Å²) in [5, 5.41) is 19.8. The zero-order valence-electron chi connectivity index (χ0n) is 8.16. The molecule has 0 aliphatic heterocycles. The Hall–Kier alpha value is -2.44. The van der Waals surface area contributed by atoms with Crippen molar-refractivity contribution in [3.05, 3.63) is 33.9 Å². The van der Waals surface area contributed by atoms with Gasteiger partial charge >= 0.3 is 0 Å². The van der Waals surface area contributed by atoms with E-state index in [2.05, 4.69) is 4.99 Å². The second-order valence-electron chi connectivity index (χ2n) is 2.94. The molecule has 16 heavy (non-hydrogen) atoms. The minimum absolute atomic E-state index is 0.154. The van der Waals surface area contributed by atoms with Crippen molar-refractivity contribution in [1.29, 1.82) is 0 Å². The van der Waals surface area contributed by atoms with Crippen molar-refractivity contribution in [3.8, 4) is 5.75 Å². The fourth-order valence-corrected chi connectivity index (χ4v) is 0.993. The number of amides is 1. The first-order valence-corrected chi connectivity index (χ1v) is 4.26. The maximum absolute atomic E-state index is 10.5. The van der Waals surface area contributed by atoms with Crippen LogP contribution in [0.25, 0.3) is 0 Å². The highest BCUT2D eigenvalue weighted by molar-refractivity contribution is 5.86. The van der Waals surface area contributed by atoms with Crippen LogP contribution in [0.3, 0.4) is 0 Å². The number of aromatic hydroxyl groups is 1. The van der Waals surface area contributed by atoms with Crippen molar-refractivity contribution in [2.24, 2.45) is 10.7 Å². The van der Waals surface area contributed by atoms with E-state index in [4.69, 9.17) is 5.73 Å². The molecule has 0 saturated carbocycles. The van der Waals surface area contributed by atoms with Gasteiger partial charge in [-0.3, -0.25) is 19.9 Å². The van der Waals surface area contributed by atoms with Crippen molar-refractivity contribution in [2.45, 2.75) is 0 Å². The van der Waals surface area contributed by atoms with E-state index >= 15 is 0 Å². The van der Waals surface area contributed by atoms with E-state index in [9.17, 15) is 20.0 Å². The van der Waals surface area contributed by atoms with Gasteiger partial charge in [0.15, 0.2) is 0 Å². The van der Waals surface area contributed by atoms with Gasteiger partial charge in [-0.1, -0.05) is 0 Å². The van der Waals surface area contributed by atoms with E-state index < -0.39 is 10.8 Å². The molecule has 0 heterocycles. The molecular weight excluding hydrogens is 214 g/mol. The number of non-ortho nitro benzene ring substituents is 1. The van der Waals surface area contributed by atoms with Crippen LogP contribution in [0, 0.1) is 10.1 Å². The number of nitro benzene ring substituents is 1. The number of nitrogens with two attached hydrogens (primary N) is 1. The summed E-state index contributed by atoms with van der Waals surface area (Å²) in [5.74, 6) is -0.778. The molecule has 0 unspecified atom stereocenters. The molecule has 7 nitrogen and oxygen atoms in total. The average Bonchev–Trinajstić information content (AvgIpc) is 2.20. The lowest BCUT2D eigenvalue weighted by molar-refractivity contribution is -0.384. The summed E-state index contributed by atoms with van der Waals surface area (Å²) in [7, 11) is 0. The number of hydrogen-bond donors (Lipinski definition) is 2. The Morgan fingerprint density at radius 2 is 2.31 bits per heavy atom. The summed E-state index contributed by atoms with van der Waals surface area (Å²) in [6, 6.07) is 3.50. The van der Waals surface area contributed by atoms with Gasteiger partial charge in [0.1, 0.15) is 12.3 Å². The molecule has 1 aromatic carbocycles. The molecule has 3 N–H and O–H groups in total. The van der Waals surface area contributed by atoms with Crippen LogP contribution in [0.2, 0.25) is 0 Å². The van der Waals surface area contributed by atoms with Gasteiger partial charge in [0.05, 0.1) is 4.92 Å². The van der Waals surface area contributed by atoms with Crippen LogP contribution in [-0.4, -0.2) is 28.7 Å². The predicted molar refractivity (Wildman–Crippen MR) is 56.4 cm³/mol. The summed E-state index contributed by atoms with van der Waals surface area (Å²) >= 11 is 0. The minimum atomic E-state index is -0.624. The van der Waals surface area contributed by atoms with Gasteiger partial charge in [0.2, 0.25) is 5.91 Å². The first-order valence-electron chi connectivity index (χ1n) is 4.26. The fourth-order valence-electron chi connectivity index (χ4n) is 0.993. The van der Waals surface area contributed by atoms with Crippen molar-refractivity contribution in [3.63, 3.8) is 0 Å². The molecule has 7 heteroatoms. The van der Waals surface area contributed by atoms with Gasteiger partial charge in [-0.2, -0.15) is 0 Å².